The maximum absolute atomic E-state index is 11.4. The Morgan fingerprint density at radius 3 is 2.45 bits per heavy atom. The van der Waals surface area contributed by atoms with E-state index in [0.717, 1.165) is 5.56 Å². The number of rotatable bonds is 8. The third kappa shape index (κ3) is 5.17. The molecule has 0 unspecified atom stereocenters. The molecule has 0 aliphatic carbocycles. The molecular formula is C14H18O6. The fraction of sp³-hybridized carbons (Fsp3) is 0.429. The Labute approximate surface area is 117 Å². The summed E-state index contributed by atoms with van der Waals surface area (Å²) in [5, 5.41) is 8.60. The van der Waals surface area contributed by atoms with Gasteiger partial charge < -0.3 is 19.3 Å². The van der Waals surface area contributed by atoms with Crippen molar-refractivity contribution in [1.29, 1.82) is 0 Å². The number of aliphatic carboxylic acids is 1. The zero-order valence-corrected chi connectivity index (χ0v) is 11.5. The van der Waals surface area contributed by atoms with Crippen LogP contribution in [-0.4, -0.2) is 36.9 Å². The molecule has 0 bridgehead atoms. The SMILES string of the molecule is CCOC(=O)Cc1ccc(OCC(=O)O)c(OCC)c1. The average Bonchev–Trinajstić information content (AvgIpc) is 2.38. The lowest BCUT2D eigenvalue weighted by molar-refractivity contribution is -0.142. The summed E-state index contributed by atoms with van der Waals surface area (Å²) >= 11 is 0. The Kier molecular flexibility index (Phi) is 6.36. The molecule has 0 aliphatic heterocycles. The van der Waals surface area contributed by atoms with Crippen LogP contribution in [0.25, 0.3) is 0 Å². The number of hydrogen-bond acceptors (Lipinski definition) is 5. The van der Waals surface area contributed by atoms with Gasteiger partial charge in [0.05, 0.1) is 19.6 Å². The number of hydrogen-bond donors (Lipinski definition) is 1. The minimum absolute atomic E-state index is 0.132. The van der Waals surface area contributed by atoms with Crippen LogP contribution in [0.15, 0.2) is 18.2 Å². The number of ether oxygens (including phenoxy) is 3. The maximum atomic E-state index is 11.4. The predicted molar refractivity (Wildman–Crippen MR) is 71.1 cm³/mol. The van der Waals surface area contributed by atoms with Crippen LogP contribution in [-0.2, 0) is 20.7 Å². The van der Waals surface area contributed by atoms with Crippen molar-refractivity contribution in [3.8, 4) is 11.5 Å². The van der Waals surface area contributed by atoms with E-state index in [2.05, 4.69) is 0 Å². The Balaban J connectivity index is 2.82. The van der Waals surface area contributed by atoms with E-state index in [1.54, 1.807) is 32.0 Å². The monoisotopic (exact) mass is 282 g/mol. The lowest BCUT2D eigenvalue weighted by atomic mass is 10.1. The number of benzene rings is 1. The highest BCUT2D eigenvalue weighted by molar-refractivity contribution is 5.73. The van der Waals surface area contributed by atoms with Crippen LogP contribution in [0.2, 0.25) is 0 Å². The molecule has 0 saturated heterocycles. The smallest absolute Gasteiger partial charge is 0.341 e. The number of esters is 1. The average molecular weight is 282 g/mol. The largest absolute Gasteiger partial charge is 0.490 e. The first-order valence-electron chi connectivity index (χ1n) is 6.32. The fourth-order valence-corrected chi connectivity index (χ4v) is 1.57. The van der Waals surface area contributed by atoms with Crippen LogP contribution in [0, 0.1) is 0 Å². The summed E-state index contributed by atoms with van der Waals surface area (Å²) in [6.45, 7) is 3.84. The maximum Gasteiger partial charge on any atom is 0.341 e. The highest BCUT2D eigenvalue weighted by Crippen LogP contribution is 2.28. The molecule has 0 heterocycles. The number of carbonyl (C=O) groups is 2. The van der Waals surface area contributed by atoms with Gasteiger partial charge in [0.1, 0.15) is 0 Å². The molecule has 0 fully saturated rings. The van der Waals surface area contributed by atoms with E-state index in [9.17, 15) is 9.59 Å². The molecule has 0 aliphatic rings. The second kappa shape index (κ2) is 8.04. The van der Waals surface area contributed by atoms with Gasteiger partial charge in [-0.15, -0.1) is 0 Å². The van der Waals surface area contributed by atoms with Gasteiger partial charge in [-0.25, -0.2) is 4.79 Å². The lowest BCUT2D eigenvalue weighted by Gasteiger charge is -2.12. The summed E-state index contributed by atoms with van der Waals surface area (Å²) in [6, 6.07) is 4.91. The van der Waals surface area contributed by atoms with Crippen molar-refractivity contribution in [2.45, 2.75) is 20.3 Å². The Morgan fingerprint density at radius 1 is 1.10 bits per heavy atom. The van der Waals surface area contributed by atoms with Gasteiger partial charge in [-0.1, -0.05) is 6.07 Å². The molecule has 20 heavy (non-hydrogen) atoms. The molecule has 0 aromatic heterocycles. The molecule has 0 atom stereocenters. The topological polar surface area (TPSA) is 82.1 Å². The van der Waals surface area contributed by atoms with Gasteiger partial charge >= 0.3 is 11.9 Å². The van der Waals surface area contributed by atoms with Gasteiger partial charge in [-0.3, -0.25) is 4.79 Å². The van der Waals surface area contributed by atoms with Crippen LogP contribution in [0.4, 0.5) is 0 Å². The Hall–Kier alpha value is -2.24. The van der Waals surface area contributed by atoms with Crippen molar-refractivity contribution in [3.05, 3.63) is 23.8 Å². The van der Waals surface area contributed by atoms with E-state index in [-0.39, 0.29) is 12.4 Å². The lowest BCUT2D eigenvalue weighted by Crippen LogP contribution is -2.11. The van der Waals surface area contributed by atoms with E-state index in [1.165, 1.54) is 0 Å². The first kappa shape index (κ1) is 15.8. The predicted octanol–water partition coefficient (Wildman–Crippen LogP) is 1.65. The molecule has 0 amide bonds. The van der Waals surface area contributed by atoms with Crippen LogP contribution < -0.4 is 9.47 Å². The van der Waals surface area contributed by atoms with Gasteiger partial charge in [-0.05, 0) is 31.5 Å². The Bertz CT molecular complexity index is 469. The van der Waals surface area contributed by atoms with Crippen LogP contribution in [0.5, 0.6) is 11.5 Å². The van der Waals surface area contributed by atoms with Crippen molar-refractivity contribution in [2.75, 3.05) is 19.8 Å². The van der Waals surface area contributed by atoms with E-state index in [0.29, 0.717) is 24.7 Å². The third-order valence-corrected chi connectivity index (χ3v) is 2.31. The van der Waals surface area contributed by atoms with Crippen molar-refractivity contribution in [1.82, 2.24) is 0 Å². The van der Waals surface area contributed by atoms with Crippen molar-refractivity contribution < 1.29 is 28.9 Å². The first-order chi connectivity index (χ1) is 9.56. The number of carboxylic acids is 1. The second-order valence-electron chi connectivity index (χ2n) is 3.88. The van der Waals surface area contributed by atoms with Crippen molar-refractivity contribution in [2.24, 2.45) is 0 Å². The van der Waals surface area contributed by atoms with Crippen molar-refractivity contribution in [3.63, 3.8) is 0 Å². The number of carboxylic acid groups (broad SMARTS) is 1. The minimum Gasteiger partial charge on any atom is -0.490 e. The molecule has 1 aromatic carbocycles. The molecule has 110 valence electrons. The molecule has 6 heteroatoms. The zero-order valence-electron chi connectivity index (χ0n) is 11.5. The van der Waals surface area contributed by atoms with Gasteiger partial charge in [0, 0.05) is 0 Å². The fourth-order valence-electron chi connectivity index (χ4n) is 1.57. The van der Waals surface area contributed by atoms with E-state index >= 15 is 0 Å². The summed E-state index contributed by atoms with van der Waals surface area (Å²) in [6.07, 6.45) is 0.132. The van der Waals surface area contributed by atoms with Gasteiger partial charge in [0.15, 0.2) is 18.1 Å². The highest BCUT2D eigenvalue weighted by atomic mass is 16.5. The summed E-state index contributed by atoms with van der Waals surface area (Å²) in [5.74, 6) is -0.644. The molecule has 1 aromatic rings. The number of carbonyl (C=O) groups excluding carboxylic acids is 1. The molecule has 1 rings (SSSR count). The molecule has 6 nitrogen and oxygen atoms in total. The summed E-state index contributed by atoms with van der Waals surface area (Å²) in [7, 11) is 0. The minimum atomic E-state index is -1.07. The quantitative estimate of drug-likeness (QED) is 0.730. The van der Waals surface area contributed by atoms with Crippen LogP contribution >= 0.6 is 0 Å². The van der Waals surface area contributed by atoms with E-state index in [4.69, 9.17) is 19.3 Å². The molecule has 0 radical (unpaired) electrons. The second-order valence-corrected chi connectivity index (χ2v) is 3.88. The van der Waals surface area contributed by atoms with Crippen molar-refractivity contribution >= 4 is 11.9 Å². The van der Waals surface area contributed by atoms with E-state index < -0.39 is 12.6 Å². The molecular weight excluding hydrogens is 264 g/mol. The third-order valence-electron chi connectivity index (χ3n) is 2.31. The van der Waals surface area contributed by atoms with Crippen LogP contribution in [0.1, 0.15) is 19.4 Å². The van der Waals surface area contributed by atoms with Gasteiger partial charge in [0.2, 0.25) is 0 Å². The summed E-state index contributed by atoms with van der Waals surface area (Å²) in [4.78, 5) is 21.9. The van der Waals surface area contributed by atoms with Gasteiger partial charge in [-0.2, -0.15) is 0 Å². The first-order valence-corrected chi connectivity index (χ1v) is 6.32. The normalized spacial score (nSPS) is 9.90. The van der Waals surface area contributed by atoms with E-state index in [1.807, 2.05) is 0 Å². The Morgan fingerprint density at radius 2 is 1.85 bits per heavy atom. The summed E-state index contributed by atoms with van der Waals surface area (Å²) < 4.78 is 15.4. The zero-order chi connectivity index (χ0) is 15.0. The molecule has 0 spiro atoms. The van der Waals surface area contributed by atoms with Crippen LogP contribution in [0.3, 0.4) is 0 Å². The van der Waals surface area contributed by atoms with Gasteiger partial charge in [0.25, 0.3) is 0 Å². The summed E-state index contributed by atoms with van der Waals surface area (Å²) in [5.41, 5.74) is 0.717. The standard InChI is InChI=1S/C14H18O6/c1-3-18-12-7-10(8-14(17)19-4-2)5-6-11(12)20-9-13(15)16/h5-7H,3-4,8-9H2,1-2H3,(H,15,16). The highest BCUT2D eigenvalue weighted by Gasteiger charge is 2.11. The molecule has 0 saturated carbocycles. The molecule has 1 N–H and O–H groups in total.